The van der Waals surface area contributed by atoms with Crippen molar-refractivity contribution in [2.24, 2.45) is 0 Å². The van der Waals surface area contributed by atoms with E-state index in [0.717, 1.165) is 10.1 Å². The topological polar surface area (TPSA) is 0 Å². The van der Waals surface area contributed by atoms with Crippen molar-refractivity contribution >= 4 is 28.1 Å². The Labute approximate surface area is 154 Å². The van der Waals surface area contributed by atoms with Crippen LogP contribution in [0.2, 0.25) is 0 Å². The molecule has 3 radical (unpaired) electrons. The Balaban J connectivity index is 0.000000219. The summed E-state index contributed by atoms with van der Waals surface area (Å²) in [5, 5.41) is 1.04. The van der Waals surface area contributed by atoms with Crippen molar-refractivity contribution < 1.29 is 0 Å². The van der Waals surface area contributed by atoms with Crippen LogP contribution in [0, 0.1) is 0 Å². The van der Waals surface area contributed by atoms with Crippen LogP contribution in [0.4, 0.5) is 0 Å². The maximum Gasteiger partial charge on any atom is 0.0727 e. The highest BCUT2D eigenvalue weighted by Crippen LogP contribution is 2.24. The Morgan fingerprint density at radius 1 is 0.792 bits per heavy atom. The molecule has 3 rings (SSSR count). The van der Waals surface area contributed by atoms with Crippen LogP contribution in [0.5, 0.6) is 0 Å². The minimum atomic E-state index is 0.976. The van der Waals surface area contributed by atoms with E-state index in [9.17, 15) is 0 Å². The van der Waals surface area contributed by atoms with Crippen LogP contribution < -0.4 is 5.19 Å². The minimum Gasteiger partial charge on any atom is -0.144 e. The minimum absolute atomic E-state index is 0.976. The fourth-order valence-electron chi connectivity index (χ4n) is 2.48. The second-order valence-corrected chi connectivity index (χ2v) is 6.66. The van der Waals surface area contributed by atoms with E-state index in [0.29, 0.717) is 0 Å². The molecular formula is C22H23SSi. The van der Waals surface area contributed by atoms with Crippen molar-refractivity contribution in [3.05, 3.63) is 84.4 Å². The van der Waals surface area contributed by atoms with Gasteiger partial charge < -0.3 is 0 Å². The Kier molecular flexibility index (Phi) is 7.86. The molecule has 0 aliphatic carbocycles. The van der Waals surface area contributed by atoms with Crippen molar-refractivity contribution in [3.63, 3.8) is 0 Å². The van der Waals surface area contributed by atoms with Gasteiger partial charge in [0.05, 0.1) is 10.2 Å². The first kappa shape index (κ1) is 18.6. The lowest BCUT2D eigenvalue weighted by Crippen LogP contribution is -2.01. The lowest BCUT2D eigenvalue weighted by Gasteiger charge is -2.08. The monoisotopic (exact) mass is 347 g/mol. The van der Waals surface area contributed by atoms with Crippen LogP contribution in [0.1, 0.15) is 25.3 Å². The summed E-state index contributed by atoms with van der Waals surface area (Å²) in [6, 6.07) is 27.2. The second kappa shape index (κ2) is 10.2. The number of hydrogen-bond donors (Lipinski definition) is 1. The quantitative estimate of drug-likeness (QED) is 0.470. The number of hydrogen-bond acceptors (Lipinski definition) is 1. The summed E-state index contributed by atoms with van der Waals surface area (Å²) in [4.78, 5) is 0.976. The maximum absolute atomic E-state index is 4.15. The fraction of sp³-hybridized carbons (Fsp3) is 0.182. The summed E-state index contributed by atoms with van der Waals surface area (Å²) in [7, 11) is 3.37. The molecule has 3 aromatic carbocycles. The summed E-state index contributed by atoms with van der Waals surface area (Å²) in [6.45, 7) is 2.24. The summed E-state index contributed by atoms with van der Waals surface area (Å²) in [5.41, 5.74) is 4.18. The van der Waals surface area contributed by atoms with Crippen LogP contribution in [-0.2, 0) is 6.42 Å². The lowest BCUT2D eigenvalue weighted by atomic mass is 9.96. The number of unbranched alkanes of at least 4 members (excludes halogenated alkanes) is 1. The molecule has 0 saturated heterocycles. The Morgan fingerprint density at radius 3 is 2.04 bits per heavy atom. The van der Waals surface area contributed by atoms with Gasteiger partial charge in [-0.05, 0) is 35.6 Å². The third-order valence-electron chi connectivity index (χ3n) is 3.81. The van der Waals surface area contributed by atoms with Gasteiger partial charge in [0.2, 0.25) is 0 Å². The van der Waals surface area contributed by atoms with Crippen LogP contribution in [-0.4, -0.2) is 10.2 Å². The highest BCUT2D eigenvalue weighted by atomic mass is 32.1. The standard InChI is InChI=1S/C16H18.C6H5SSi/c1-2-3-9-14-12-7-8-13-16(14)15-10-5-4-6-11-15;7-5-3-1-2-4-6(5)8/h4-8,10-13H,2-3,9H2,1H3;1-4,7H. The van der Waals surface area contributed by atoms with E-state index in [1.807, 2.05) is 24.3 Å². The van der Waals surface area contributed by atoms with Gasteiger partial charge in [0.25, 0.3) is 0 Å². The van der Waals surface area contributed by atoms with Crippen molar-refractivity contribution in [1.82, 2.24) is 0 Å². The van der Waals surface area contributed by atoms with Crippen LogP contribution in [0.15, 0.2) is 83.8 Å². The molecular weight excluding hydrogens is 324 g/mol. The molecule has 0 fully saturated rings. The zero-order chi connectivity index (χ0) is 17.2. The zero-order valence-electron chi connectivity index (χ0n) is 14.1. The lowest BCUT2D eigenvalue weighted by molar-refractivity contribution is 0.796. The number of benzene rings is 3. The predicted octanol–water partition coefficient (Wildman–Crippen LogP) is 5.47. The van der Waals surface area contributed by atoms with Gasteiger partial charge >= 0.3 is 0 Å². The number of thiol groups is 1. The Morgan fingerprint density at radius 2 is 1.42 bits per heavy atom. The molecule has 0 bridgehead atoms. The van der Waals surface area contributed by atoms with Gasteiger partial charge in [0, 0.05) is 4.90 Å². The smallest absolute Gasteiger partial charge is 0.0727 e. The molecule has 0 aliphatic heterocycles. The SMILES string of the molecule is CCCCc1ccccc1-c1ccccc1.[Si]c1ccccc1S. The number of aryl methyl sites for hydroxylation is 1. The summed E-state index contributed by atoms with van der Waals surface area (Å²) >= 11 is 4.15. The second-order valence-electron chi connectivity index (χ2n) is 5.64. The van der Waals surface area contributed by atoms with Crippen LogP contribution in [0.25, 0.3) is 11.1 Å². The number of rotatable bonds is 4. The zero-order valence-corrected chi connectivity index (χ0v) is 16.0. The average Bonchev–Trinajstić information content (AvgIpc) is 2.64. The third kappa shape index (κ3) is 5.70. The Hall–Kier alpha value is -1.77. The molecule has 0 amide bonds. The average molecular weight is 348 g/mol. The molecule has 24 heavy (non-hydrogen) atoms. The molecule has 0 N–H and O–H groups in total. The Bertz CT molecular complexity index is 717. The first-order chi connectivity index (χ1) is 11.7. The molecule has 0 heterocycles. The molecule has 2 heteroatoms. The van der Waals surface area contributed by atoms with E-state index < -0.39 is 0 Å². The van der Waals surface area contributed by atoms with E-state index in [1.54, 1.807) is 0 Å². The molecule has 0 atom stereocenters. The highest BCUT2D eigenvalue weighted by molar-refractivity contribution is 7.80. The van der Waals surface area contributed by atoms with Crippen molar-refractivity contribution in [1.29, 1.82) is 0 Å². The largest absolute Gasteiger partial charge is 0.144 e. The molecule has 0 aliphatic rings. The summed E-state index contributed by atoms with van der Waals surface area (Å²) in [5.74, 6) is 0. The van der Waals surface area contributed by atoms with E-state index in [-0.39, 0.29) is 0 Å². The van der Waals surface area contributed by atoms with Gasteiger partial charge in [0.1, 0.15) is 0 Å². The van der Waals surface area contributed by atoms with Crippen molar-refractivity contribution in [2.75, 3.05) is 0 Å². The molecule has 0 saturated carbocycles. The summed E-state index contributed by atoms with van der Waals surface area (Å²) < 4.78 is 0. The van der Waals surface area contributed by atoms with E-state index in [4.69, 9.17) is 0 Å². The molecule has 0 spiro atoms. The van der Waals surface area contributed by atoms with Crippen molar-refractivity contribution in [3.8, 4) is 11.1 Å². The fourth-order valence-corrected chi connectivity index (χ4v) is 2.82. The van der Waals surface area contributed by atoms with Crippen LogP contribution in [0.3, 0.4) is 0 Å². The van der Waals surface area contributed by atoms with E-state index in [2.05, 4.69) is 84.4 Å². The predicted molar refractivity (Wildman–Crippen MR) is 110 cm³/mol. The third-order valence-corrected chi connectivity index (χ3v) is 4.84. The van der Waals surface area contributed by atoms with E-state index in [1.165, 1.54) is 36.0 Å². The van der Waals surface area contributed by atoms with Crippen molar-refractivity contribution in [2.45, 2.75) is 31.1 Å². The molecule has 121 valence electrons. The van der Waals surface area contributed by atoms with Gasteiger partial charge in [-0.1, -0.05) is 91.3 Å². The highest BCUT2D eigenvalue weighted by Gasteiger charge is 2.02. The molecule has 0 aromatic heterocycles. The maximum atomic E-state index is 4.15. The summed E-state index contributed by atoms with van der Waals surface area (Å²) in [6.07, 6.45) is 3.70. The van der Waals surface area contributed by atoms with Crippen LogP contribution >= 0.6 is 12.6 Å². The first-order valence-corrected chi connectivity index (χ1v) is 9.30. The molecule has 0 unspecified atom stereocenters. The van der Waals surface area contributed by atoms with Gasteiger partial charge in [-0.25, -0.2) is 0 Å². The first-order valence-electron chi connectivity index (χ1n) is 8.35. The van der Waals surface area contributed by atoms with Gasteiger partial charge in [-0.3, -0.25) is 0 Å². The van der Waals surface area contributed by atoms with E-state index >= 15 is 0 Å². The van der Waals surface area contributed by atoms with Gasteiger partial charge in [-0.2, -0.15) is 0 Å². The van der Waals surface area contributed by atoms with Gasteiger partial charge in [0.15, 0.2) is 0 Å². The normalized spacial score (nSPS) is 9.96. The molecule has 3 aromatic rings. The molecule has 0 nitrogen and oxygen atoms in total. The van der Waals surface area contributed by atoms with Gasteiger partial charge in [-0.15, -0.1) is 12.6 Å².